The zero-order valence-electron chi connectivity index (χ0n) is 24.9. The fourth-order valence-electron chi connectivity index (χ4n) is 5.12. The first kappa shape index (κ1) is 33.0. The zero-order valence-corrected chi connectivity index (χ0v) is 27.7. The minimum Gasteiger partial charge on any atom is -0.0956 e. The fraction of sp³-hybridized carbons (Fsp3) is 0.429. The van der Waals surface area contributed by atoms with Gasteiger partial charge in [-0.1, -0.05) is 169 Å². The number of allylic oxidation sites excluding steroid dienone is 5. The third kappa shape index (κ3) is 10.1. The van der Waals surface area contributed by atoms with Crippen molar-refractivity contribution in [3.8, 4) is 0 Å². The van der Waals surface area contributed by atoms with Gasteiger partial charge in [-0.25, -0.2) is 0 Å². The van der Waals surface area contributed by atoms with Crippen molar-refractivity contribution >= 4 is 27.0 Å². The second kappa shape index (κ2) is 13.9. The molecule has 206 valence electrons. The van der Waals surface area contributed by atoms with E-state index in [1.54, 1.807) is 5.29 Å². The number of benzene rings is 2. The predicted octanol–water partition coefficient (Wildman–Crippen LogP) is 10.8. The fourth-order valence-corrected chi connectivity index (χ4v) is 10.3. The molecule has 2 radical (unpaired) electrons. The van der Waals surface area contributed by atoms with Crippen molar-refractivity contribution in [3.63, 3.8) is 0 Å². The van der Waals surface area contributed by atoms with Gasteiger partial charge in [-0.2, -0.15) is 0 Å². The third-order valence-electron chi connectivity index (χ3n) is 6.73. The van der Waals surface area contributed by atoms with E-state index in [0.717, 1.165) is 0 Å². The molecule has 0 saturated carbocycles. The molecule has 0 nitrogen and oxygen atoms in total. The summed E-state index contributed by atoms with van der Waals surface area (Å²) in [7, 11) is 1.55. The summed E-state index contributed by atoms with van der Waals surface area (Å²) in [5.41, 5.74) is 4.90. The van der Waals surface area contributed by atoms with Crippen molar-refractivity contribution in [1.29, 1.82) is 0 Å². The van der Waals surface area contributed by atoms with E-state index >= 15 is 0 Å². The third-order valence-corrected chi connectivity index (χ3v) is 12.3. The molecule has 2 aromatic carbocycles. The van der Waals surface area contributed by atoms with Gasteiger partial charge in [0.05, 0.1) is 0 Å². The van der Waals surface area contributed by atoms with Crippen molar-refractivity contribution in [2.75, 3.05) is 6.16 Å². The molecular formula is C35H47CoP2. The zero-order chi connectivity index (χ0) is 27.3. The summed E-state index contributed by atoms with van der Waals surface area (Å²) in [6.07, 6.45) is 13.8. The molecule has 1 aliphatic carbocycles. The van der Waals surface area contributed by atoms with E-state index in [-0.39, 0.29) is 24.7 Å². The molecule has 1 aliphatic heterocycles. The number of hydrogen-bond donors (Lipinski definition) is 0. The van der Waals surface area contributed by atoms with Gasteiger partial charge >= 0.3 is 0 Å². The molecule has 2 aromatic rings. The maximum absolute atomic E-state index is 2.45. The van der Waals surface area contributed by atoms with Gasteiger partial charge in [0.2, 0.25) is 0 Å². The van der Waals surface area contributed by atoms with Crippen LogP contribution < -0.4 is 0 Å². The van der Waals surface area contributed by atoms with E-state index in [9.17, 15) is 0 Å². The van der Waals surface area contributed by atoms with Crippen molar-refractivity contribution < 1.29 is 16.8 Å². The van der Waals surface area contributed by atoms with Gasteiger partial charge in [0.15, 0.2) is 0 Å². The second-order valence-corrected chi connectivity index (χ2v) is 18.3. The minimum absolute atomic E-state index is 0. The largest absolute Gasteiger partial charge is 0.0956 e. The first-order valence-corrected chi connectivity index (χ1v) is 16.1. The van der Waals surface area contributed by atoms with Crippen LogP contribution in [0.1, 0.15) is 79.9 Å². The van der Waals surface area contributed by atoms with Crippen LogP contribution in [0.3, 0.4) is 0 Å². The number of hydrogen-bond acceptors (Lipinski definition) is 0. The predicted molar refractivity (Wildman–Crippen MR) is 173 cm³/mol. The molecule has 0 N–H and O–H groups in total. The van der Waals surface area contributed by atoms with Gasteiger partial charge < -0.3 is 0 Å². The molecule has 0 amide bonds. The number of rotatable bonds is 6. The molecule has 3 heteroatoms. The Hall–Kier alpha value is -1.23. The van der Waals surface area contributed by atoms with Gasteiger partial charge in [-0.15, -0.1) is 0 Å². The average molecular weight is 589 g/mol. The van der Waals surface area contributed by atoms with E-state index in [1.807, 2.05) is 0 Å². The molecule has 1 atom stereocenters. The summed E-state index contributed by atoms with van der Waals surface area (Å²) in [6.45, 7) is 21.3. The van der Waals surface area contributed by atoms with Crippen LogP contribution in [0, 0.1) is 11.3 Å². The van der Waals surface area contributed by atoms with E-state index in [2.05, 4.69) is 153 Å². The van der Waals surface area contributed by atoms with Gasteiger partial charge in [0, 0.05) is 28.4 Å². The van der Waals surface area contributed by atoms with E-state index in [1.165, 1.54) is 43.4 Å². The summed E-state index contributed by atoms with van der Waals surface area (Å²) in [4.78, 5) is 0. The maximum Gasteiger partial charge on any atom is 0.0455 e. The van der Waals surface area contributed by atoms with Crippen molar-refractivity contribution in [1.82, 2.24) is 0 Å². The Bertz CT molecular complexity index is 1050. The summed E-state index contributed by atoms with van der Waals surface area (Å²) in [5.74, 6) is 1.50. The Morgan fingerprint density at radius 2 is 1.18 bits per heavy atom. The van der Waals surface area contributed by atoms with Crippen LogP contribution in [0.2, 0.25) is 0 Å². The average Bonchev–Trinajstić information content (AvgIpc) is 3.42. The van der Waals surface area contributed by atoms with E-state index in [0.29, 0.717) is 21.4 Å². The quantitative estimate of drug-likeness (QED) is 0.295. The molecular weight excluding hydrogens is 541 g/mol. The maximum atomic E-state index is 2.45. The molecule has 2 aliphatic rings. The molecule has 0 spiro atoms. The molecule has 4 rings (SSSR count). The topological polar surface area (TPSA) is 0 Å². The van der Waals surface area contributed by atoms with Crippen LogP contribution in [-0.2, 0) is 16.8 Å². The second-order valence-electron chi connectivity index (χ2n) is 13.1. The van der Waals surface area contributed by atoms with Crippen molar-refractivity contribution in [2.24, 2.45) is 5.41 Å². The van der Waals surface area contributed by atoms with Crippen LogP contribution in [0.25, 0.3) is 5.57 Å². The summed E-state index contributed by atoms with van der Waals surface area (Å²) in [5, 5.41) is 2.56. The normalized spacial score (nSPS) is 17.3. The van der Waals surface area contributed by atoms with Gasteiger partial charge in [-0.05, 0) is 50.3 Å². The SMILES string of the molecule is CC(C)(C)C1=PC1C=C(c1ccccc1)c1ccccc1.CC(C)(C)P(CC[C]1C=CC=C1)C(C)(C)C.[Co]. The molecule has 1 unspecified atom stereocenters. The molecule has 1 heterocycles. The van der Waals surface area contributed by atoms with E-state index < -0.39 is 0 Å². The Labute approximate surface area is 247 Å². The summed E-state index contributed by atoms with van der Waals surface area (Å²) < 4.78 is 0. The minimum atomic E-state index is 0. The summed E-state index contributed by atoms with van der Waals surface area (Å²) >= 11 is 0. The standard InChI is InChI=1S/C20H21P.C15H26P.Co/c1-20(2,3)19-18(21-19)14-17(15-10-6-4-7-11-15)16-12-8-5-9-13-16;1-14(2,3)16(15(4,5)6)12-11-13-9-7-8-10-13;/h4-14,18H,1-3H3;7-10H,11-12H2,1-6H3;. The Morgan fingerprint density at radius 3 is 1.55 bits per heavy atom. The Kier molecular flexibility index (Phi) is 12.1. The van der Waals surface area contributed by atoms with E-state index in [4.69, 9.17) is 0 Å². The molecule has 0 fully saturated rings. The van der Waals surface area contributed by atoms with Gasteiger partial charge in [-0.3, -0.25) is 0 Å². The van der Waals surface area contributed by atoms with Gasteiger partial charge in [0.25, 0.3) is 0 Å². The van der Waals surface area contributed by atoms with Crippen LogP contribution in [0.5, 0.6) is 0 Å². The smallest absolute Gasteiger partial charge is 0.0455 e. The Balaban J connectivity index is 0.000000270. The van der Waals surface area contributed by atoms with Crippen molar-refractivity contribution in [3.05, 3.63) is 108 Å². The molecule has 0 aromatic heterocycles. The van der Waals surface area contributed by atoms with Crippen molar-refractivity contribution in [2.45, 2.75) is 84.7 Å². The van der Waals surface area contributed by atoms with Crippen LogP contribution >= 0.6 is 16.1 Å². The first-order chi connectivity index (χ1) is 17.3. The van der Waals surface area contributed by atoms with Gasteiger partial charge in [0.1, 0.15) is 0 Å². The first-order valence-electron chi connectivity index (χ1n) is 13.7. The Morgan fingerprint density at radius 1 is 0.737 bits per heavy atom. The van der Waals surface area contributed by atoms with Crippen LogP contribution in [0.15, 0.2) is 91.0 Å². The monoisotopic (exact) mass is 588 g/mol. The van der Waals surface area contributed by atoms with Crippen LogP contribution in [0.4, 0.5) is 0 Å². The molecule has 0 bridgehead atoms. The summed E-state index contributed by atoms with van der Waals surface area (Å²) in [6, 6.07) is 21.4. The van der Waals surface area contributed by atoms with Crippen LogP contribution in [-0.4, -0.2) is 27.4 Å². The molecule has 0 saturated heterocycles. The molecule has 38 heavy (non-hydrogen) atoms.